The Hall–Kier alpha value is -1.10. The van der Waals surface area contributed by atoms with E-state index in [4.69, 9.17) is 0 Å². The molecule has 4 nitrogen and oxygen atoms in total. The first-order chi connectivity index (χ1) is 8.58. The van der Waals surface area contributed by atoms with Crippen LogP contribution in [0.25, 0.3) is 0 Å². The Labute approximate surface area is 112 Å². The lowest BCUT2D eigenvalue weighted by Gasteiger charge is -2.36. The molecule has 1 aromatic heterocycles. The molecule has 18 heavy (non-hydrogen) atoms. The fraction of sp³-hybridized carbons (Fsp3) is 0.692. The van der Waals surface area contributed by atoms with Gasteiger partial charge in [-0.1, -0.05) is 6.92 Å². The number of thiazole rings is 1. The monoisotopic (exact) mass is 267 g/mol. The summed E-state index contributed by atoms with van der Waals surface area (Å²) in [6, 6.07) is 0.401. The zero-order valence-electron chi connectivity index (χ0n) is 11.3. The summed E-state index contributed by atoms with van der Waals surface area (Å²) in [6.45, 7) is 7.83. The van der Waals surface area contributed by atoms with Crippen molar-refractivity contribution in [2.24, 2.45) is 5.92 Å². The predicted octanol–water partition coefficient (Wildman–Crippen LogP) is 2.78. The lowest BCUT2D eigenvalue weighted by atomic mass is 9.94. The molecule has 0 saturated carbocycles. The lowest BCUT2D eigenvalue weighted by Crippen LogP contribution is -2.48. The van der Waals surface area contributed by atoms with Crippen molar-refractivity contribution < 1.29 is 4.79 Å². The summed E-state index contributed by atoms with van der Waals surface area (Å²) in [7, 11) is 0. The van der Waals surface area contributed by atoms with Crippen molar-refractivity contribution in [3.8, 4) is 0 Å². The van der Waals surface area contributed by atoms with Crippen LogP contribution in [0.5, 0.6) is 0 Å². The average Bonchev–Trinajstić information content (AvgIpc) is 2.72. The van der Waals surface area contributed by atoms with Gasteiger partial charge in [-0.05, 0) is 32.6 Å². The van der Waals surface area contributed by atoms with E-state index in [0.29, 0.717) is 12.6 Å². The molecule has 0 radical (unpaired) electrons. The fourth-order valence-electron chi connectivity index (χ4n) is 2.46. The summed E-state index contributed by atoms with van der Waals surface area (Å²) in [5.74, 6) is 0.729. The number of amides is 2. The number of nitrogens with one attached hydrogen (secondary N) is 1. The van der Waals surface area contributed by atoms with E-state index >= 15 is 0 Å². The number of carbonyl (C=O) groups is 1. The minimum Gasteiger partial charge on any atom is -0.333 e. The summed E-state index contributed by atoms with van der Waals surface area (Å²) in [5, 5.41) is 3.00. The first-order valence-corrected chi connectivity index (χ1v) is 7.39. The molecule has 1 aliphatic rings. The topological polar surface area (TPSA) is 45.2 Å². The van der Waals surface area contributed by atoms with Crippen LogP contribution >= 0.6 is 11.3 Å². The van der Waals surface area contributed by atoms with Crippen molar-refractivity contribution >= 4 is 17.4 Å². The van der Waals surface area contributed by atoms with Gasteiger partial charge in [0, 0.05) is 17.5 Å². The molecule has 0 aromatic carbocycles. The molecule has 100 valence electrons. The van der Waals surface area contributed by atoms with Gasteiger partial charge in [0.25, 0.3) is 0 Å². The highest BCUT2D eigenvalue weighted by molar-refractivity contribution is 7.09. The third kappa shape index (κ3) is 3.02. The molecule has 0 bridgehead atoms. The van der Waals surface area contributed by atoms with Crippen LogP contribution < -0.4 is 5.32 Å². The van der Waals surface area contributed by atoms with Crippen molar-refractivity contribution in [3.63, 3.8) is 0 Å². The third-order valence-corrected chi connectivity index (χ3v) is 4.58. The van der Waals surface area contributed by atoms with Gasteiger partial charge in [-0.25, -0.2) is 9.78 Å². The Morgan fingerprint density at radius 2 is 2.39 bits per heavy atom. The van der Waals surface area contributed by atoms with Gasteiger partial charge < -0.3 is 10.2 Å². The minimum atomic E-state index is 0.0576. The quantitative estimate of drug-likeness (QED) is 0.895. The Morgan fingerprint density at radius 1 is 1.61 bits per heavy atom. The Bertz CT molecular complexity index is 418. The zero-order chi connectivity index (χ0) is 13.1. The number of piperidine rings is 1. The van der Waals surface area contributed by atoms with Gasteiger partial charge in [0.2, 0.25) is 0 Å². The molecule has 1 saturated heterocycles. The maximum absolute atomic E-state index is 12.1. The number of hydrogen-bond donors (Lipinski definition) is 1. The molecule has 2 rings (SSSR count). The fourth-order valence-corrected chi connectivity index (χ4v) is 3.18. The van der Waals surface area contributed by atoms with E-state index in [9.17, 15) is 4.79 Å². The zero-order valence-corrected chi connectivity index (χ0v) is 12.1. The highest BCUT2D eigenvalue weighted by Crippen LogP contribution is 2.22. The normalized spacial score (nSPS) is 24.1. The van der Waals surface area contributed by atoms with Gasteiger partial charge in [-0.3, -0.25) is 0 Å². The van der Waals surface area contributed by atoms with Crippen LogP contribution in [0.1, 0.15) is 37.3 Å². The Morgan fingerprint density at radius 3 is 3.00 bits per heavy atom. The molecule has 2 heterocycles. The van der Waals surface area contributed by atoms with Gasteiger partial charge in [-0.2, -0.15) is 0 Å². The molecule has 2 amide bonds. The smallest absolute Gasteiger partial charge is 0.317 e. The predicted molar refractivity (Wildman–Crippen MR) is 73.7 cm³/mol. The average molecular weight is 267 g/mol. The molecule has 0 spiro atoms. The summed E-state index contributed by atoms with van der Waals surface area (Å²) >= 11 is 1.60. The number of hydrogen-bond acceptors (Lipinski definition) is 3. The first kappa shape index (κ1) is 13.3. The molecule has 0 aliphatic carbocycles. The maximum Gasteiger partial charge on any atom is 0.317 e. The SMILES string of the molecule is Cc1ncsc1CNC(=O)N1CCC(C)CC1C. The highest BCUT2D eigenvalue weighted by Gasteiger charge is 2.26. The van der Waals surface area contributed by atoms with Crippen LogP contribution in [0.15, 0.2) is 5.51 Å². The van der Waals surface area contributed by atoms with Gasteiger partial charge in [0.15, 0.2) is 0 Å². The molecular weight excluding hydrogens is 246 g/mol. The molecule has 5 heteroatoms. The van der Waals surface area contributed by atoms with Gasteiger partial charge in [0.05, 0.1) is 17.7 Å². The van der Waals surface area contributed by atoms with Gasteiger partial charge in [0.1, 0.15) is 0 Å². The maximum atomic E-state index is 12.1. The second-order valence-electron chi connectivity index (χ2n) is 5.19. The summed E-state index contributed by atoms with van der Waals surface area (Å²) < 4.78 is 0. The van der Waals surface area contributed by atoms with E-state index in [-0.39, 0.29) is 6.03 Å². The van der Waals surface area contributed by atoms with Crippen molar-refractivity contribution in [3.05, 3.63) is 16.1 Å². The highest BCUT2D eigenvalue weighted by atomic mass is 32.1. The Kier molecular flexibility index (Phi) is 4.22. The largest absolute Gasteiger partial charge is 0.333 e. The number of nitrogens with zero attached hydrogens (tertiary/aromatic N) is 2. The standard InChI is InChI=1S/C13H21N3OS/c1-9-4-5-16(10(2)6-9)13(17)14-7-12-11(3)15-8-18-12/h8-10H,4-7H2,1-3H3,(H,14,17). The molecule has 1 aromatic rings. The summed E-state index contributed by atoms with van der Waals surface area (Å²) in [6.07, 6.45) is 2.21. The number of rotatable bonds is 2. The van der Waals surface area contributed by atoms with Crippen LogP contribution in [0.3, 0.4) is 0 Å². The van der Waals surface area contributed by atoms with Gasteiger partial charge >= 0.3 is 6.03 Å². The van der Waals surface area contributed by atoms with Crippen molar-refractivity contribution in [1.29, 1.82) is 0 Å². The molecule has 2 unspecified atom stereocenters. The van der Waals surface area contributed by atoms with E-state index < -0.39 is 0 Å². The second kappa shape index (κ2) is 5.69. The van der Waals surface area contributed by atoms with Crippen LogP contribution in [-0.2, 0) is 6.54 Å². The summed E-state index contributed by atoms with van der Waals surface area (Å²) in [5.41, 5.74) is 2.84. The number of aromatic nitrogens is 1. The van der Waals surface area contributed by atoms with Crippen molar-refractivity contribution in [1.82, 2.24) is 15.2 Å². The van der Waals surface area contributed by atoms with Crippen LogP contribution in [-0.4, -0.2) is 28.5 Å². The number of aryl methyl sites for hydroxylation is 1. The van der Waals surface area contributed by atoms with Crippen molar-refractivity contribution in [2.75, 3.05) is 6.54 Å². The molecule has 1 aliphatic heterocycles. The second-order valence-corrected chi connectivity index (χ2v) is 6.13. The van der Waals surface area contributed by atoms with E-state index in [1.807, 2.05) is 17.3 Å². The van der Waals surface area contributed by atoms with E-state index in [2.05, 4.69) is 24.1 Å². The first-order valence-electron chi connectivity index (χ1n) is 6.51. The number of urea groups is 1. The molecule has 1 N–H and O–H groups in total. The molecule has 1 fully saturated rings. The molecular formula is C13H21N3OS. The minimum absolute atomic E-state index is 0.0576. The summed E-state index contributed by atoms with van der Waals surface area (Å²) in [4.78, 5) is 19.4. The lowest BCUT2D eigenvalue weighted by molar-refractivity contribution is 0.139. The van der Waals surface area contributed by atoms with E-state index in [0.717, 1.165) is 35.9 Å². The van der Waals surface area contributed by atoms with Crippen molar-refractivity contribution in [2.45, 2.75) is 46.2 Å². The Balaban J connectivity index is 1.86. The third-order valence-electron chi connectivity index (χ3n) is 3.64. The van der Waals surface area contributed by atoms with E-state index in [1.165, 1.54) is 0 Å². The van der Waals surface area contributed by atoms with Gasteiger partial charge in [-0.15, -0.1) is 11.3 Å². The van der Waals surface area contributed by atoms with Crippen LogP contribution in [0.2, 0.25) is 0 Å². The molecule has 2 atom stereocenters. The van der Waals surface area contributed by atoms with Crippen LogP contribution in [0, 0.1) is 12.8 Å². The van der Waals surface area contributed by atoms with Crippen LogP contribution in [0.4, 0.5) is 4.79 Å². The number of carbonyl (C=O) groups excluding carboxylic acids is 1. The van der Waals surface area contributed by atoms with E-state index in [1.54, 1.807) is 11.3 Å². The number of likely N-dealkylation sites (tertiary alicyclic amines) is 1.